The number of amides is 1. The van der Waals surface area contributed by atoms with Crippen LogP contribution >= 0.6 is 0 Å². The van der Waals surface area contributed by atoms with Gasteiger partial charge in [-0.1, -0.05) is 12.1 Å². The molecule has 2 atom stereocenters. The Kier molecular flexibility index (Phi) is 9.00. The number of hydrogen-bond acceptors (Lipinski definition) is 3. The Bertz CT molecular complexity index is 1210. The Morgan fingerprint density at radius 2 is 1.15 bits per heavy atom. The largest absolute Gasteiger partial charge is 0.467 e. The highest BCUT2D eigenvalue weighted by Gasteiger charge is 2.88. The number of rotatable bonds is 11. The number of nitrogens with one attached hydrogen (secondary N) is 1. The van der Waals surface area contributed by atoms with Gasteiger partial charge in [0.2, 0.25) is 11.3 Å². The van der Waals surface area contributed by atoms with Crippen molar-refractivity contribution in [1.82, 2.24) is 0 Å². The molecule has 0 saturated carbocycles. The Morgan fingerprint density at radius 1 is 0.683 bits per heavy atom. The maximum Gasteiger partial charge on any atom is 0.467 e. The Balaban J connectivity index is 2.27. The van der Waals surface area contributed by atoms with Crippen molar-refractivity contribution in [3.05, 3.63) is 59.7 Å². The van der Waals surface area contributed by atoms with Gasteiger partial charge in [0.15, 0.2) is 0 Å². The fourth-order valence-electron chi connectivity index (χ4n) is 3.28. The monoisotopic (exact) mass is 617 g/mol. The van der Waals surface area contributed by atoms with Gasteiger partial charge in [-0.15, -0.1) is 0 Å². The van der Waals surface area contributed by atoms with Crippen molar-refractivity contribution in [2.75, 3.05) is 12.4 Å². The first kappa shape index (κ1) is 34.0. The first-order chi connectivity index (χ1) is 18.4. The maximum absolute atomic E-state index is 14.8. The maximum atomic E-state index is 14.8. The molecule has 1 N–H and O–H groups in total. The molecule has 0 radical (unpaired) electrons. The van der Waals surface area contributed by atoms with Crippen molar-refractivity contribution >= 4 is 11.6 Å². The predicted molar refractivity (Wildman–Crippen MR) is 117 cm³/mol. The predicted octanol–water partition coefficient (Wildman–Crippen LogP) is 7.98. The summed E-state index contributed by atoms with van der Waals surface area (Å²) in [5, 5.41) is 2.30. The number of carbonyl (C=O) groups is 1. The fourth-order valence-corrected chi connectivity index (χ4v) is 3.28. The second-order valence-corrected chi connectivity index (χ2v) is 8.95. The standard InChI is InChI=1S/C24H20F13NO3/c1-18(25,20(27,28)22(31,32)23(33,34)35)19(2,26)21(29,30)24(36,37)41-16-10-8-15(9-11-16)38-17(39)14-6-4-13(5-7-14)12-40-3/h4-11H,12H2,1-3H3,(H,38,39). The van der Waals surface area contributed by atoms with Crippen LogP contribution in [0, 0.1) is 0 Å². The van der Waals surface area contributed by atoms with Crippen LogP contribution < -0.4 is 10.1 Å². The van der Waals surface area contributed by atoms with Gasteiger partial charge in [0, 0.05) is 18.4 Å². The zero-order valence-corrected chi connectivity index (χ0v) is 21.0. The zero-order chi connectivity index (χ0) is 31.9. The summed E-state index contributed by atoms with van der Waals surface area (Å²) in [6.45, 7) is -1.92. The summed E-state index contributed by atoms with van der Waals surface area (Å²) in [6.07, 6.45) is -13.6. The molecule has 0 bridgehead atoms. The minimum absolute atomic E-state index is 0.126. The summed E-state index contributed by atoms with van der Waals surface area (Å²) < 4.78 is 187. The molecule has 4 nitrogen and oxygen atoms in total. The van der Waals surface area contributed by atoms with Crippen LogP contribution in [-0.2, 0) is 11.3 Å². The van der Waals surface area contributed by atoms with Crippen molar-refractivity contribution in [1.29, 1.82) is 0 Å². The molecule has 1 amide bonds. The Morgan fingerprint density at radius 3 is 1.59 bits per heavy atom. The van der Waals surface area contributed by atoms with E-state index < -0.39 is 66.9 Å². The molecule has 0 aliphatic carbocycles. The lowest BCUT2D eigenvalue weighted by atomic mass is 9.76. The summed E-state index contributed by atoms with van der Waals surface area (Å²) in [6, 6.07) is 8.54. The van der Waals surface area contributed by atoms with Crippen molar-refractivity contribution in [2.45, 2.75) is 61.8 Å². The minimum Gasteiger partial charge on any atom is -0.428 e. The number of ether oxygens (including phenoxy) is 2. The van der Waals surface area contributed by atoms with E-state index in [-0.39, 0.29) is 17.9 Å². The van der Waals surface area contributed by atoms with Gasteiger partial charge in [0.05, 0.1) is 6.61 Å². The summed E-state index contributed by atoms with van der Waals surface area (Å²) in [4.78, 5) is 12.3. The van der Waals surface area contributed by atoms with Crippen LogP contribution in [0.15, 0.2) is 48.5 Å². The highest BCUT2D eigenvalue weighted by Crippen LogP contribution is 2.61. The van der Waals surface area contributed by atoms with Gasteiger partial charge in [-0.2, -0.15) is 48.3 Å². The van der Waals surface area contributed by atoms with Gasteiger partial charge in [-0.25, -0.2) is 8.78 Å². The van der Waals surface area contributed by atoms with E-state index in [4.69, 9.17) is 4.74 Å². The van der Waals surface area contributed by atoms with E-state index in [1.54, 1.807) is 12.1 Å². The number of carbonyl (C=O) groups excluding carboxylic acids is 1. The van der Waals surface area contributed by atoms with Crippen LogP contribution in [0.1, 0.15) is 29.8 Å². The Hall–Kier alpha value is -3.24. The van der Waals surface area contributed by atoms with Gasteiger partial charge in [-0.05, 0) is 55.8 Å². The van der Waals surface area contributed by atoms with Crippen molar-refractivity contribution in [2.24, 2.45) is 0 Å². The van der Waals surface area contributed by atoms with Crippen molar-refractivity contribution in [3.63, 3.8) is 0 Å². The molecule has 17 heteroatoms. The van der Waals surface area contributed by atoms with Crippen LogP contribution in [0.25, 0.3) is 0 Å². The molecular weight excluding hydrogens is 597 g/mol. The topological polar surface area (TPSA) is 47.6 Å². The Labute approximate surface area is 223 Å². The van der Waals surface area contributed by atoms with Crippen LogP contribution in [0.4, 0.5) is 62.8 Å². The van der Waals surface area contributed by atoms with E-state index >= 15 is 0 Å². The van der Waals surface area contributed by atoms with Crippen molar-refractivity contribution < 1.29 is 71.3 Å². The number of halogens is 13. The third-order valence-electron chi connectivity index (χ3n) is 6.06. The van der Waals surface area contributed by atoms with E-state index in [2.05, 4.69) is 10.1 Å². The summed E-state index contributed by atoms with van der Waals surface area (Å²) in [5.41, 5.74) is -11.6. The fraction of sp³-hybridized carbons (Fsp3) is 0.458. The molecule has 2 rings (SSSR count). The second-order valence-electron chi connectivity index (χ2n) is 8.95. The molecule has 2 aromatic rings. The molecular formula is C24H20F13NO3. The third-order valence-corrected chi connectivity index (χ3v) is 6.06. The minimum atomic E-state index is -7.45. The van der Waals surface area contributed by atoms with E-state index in [0.29, 0.717) is 12.1 Å². The highest BCUT2D eigenvalue weighted by atomic mass is 19.4. The smallest absolute Gasteiger partial charge is 0.428 e. The molecule has 0 spiro atoms. The zero-order valence-electron chi connectivity index (χ0n) is 21.0. The molecule has 2 aromatic carbocycles. The van der Waals surface area contributed by atoms with Gasteiger partial charge in [0.1, 0.15) is 5.75 Å². The average molecular weight is 617 g/mol. The van der Waals surface area contributed by atoms with Crippen LogP contribution in [-0.4, -0.2) is 54.4 Å². The van der Waals surface area contributed by atoms with E-state index in [9.17, 15) is 61.9 Å². The SMILES string of the molecule is COCc1ccc(C(=O)Nc2ccc(OC(F)(F)C(F)(F)C(C)(F)C(C)(F)C(F)(F)C(F)(F)C(F)(F)F)cc2)cc1. The number of alkyl halides is 13. The first-order valence-corrected chi connectivity index (χ1v) is 11.0. The molecule has 0 aromatic heterocycles. The molecule has 0 aliphatic heterocycles. The third kappa shape index (κ3) is 5.90. The first-order valence-electron chi connectivity index (χ1n) is 11.0. The lowest BCUT2D eigenvalue weighted by Crippen LogP contribution is -2.74. The summed E-state index contributed by atoms with van der Waals surface area (Å²) in [7, 11) is 1.44. The van der Waals surface area contributed by atoms with E-state index in [1.165, 1.54) is 19.2 Å². The normalized spacial score (nSPS) is 16.5. The molecule has 0 heterocycles. The van der Waals surface area contributed by atoms with Crippen LogP contribution in [0.3, 0.4) is 0 Å². The molecule has 41 heavy (non-hydrogen) atoms. The number of methoxy groups -OCH3 is 1. The molecule has 0 fully saturated rings. The highest BCUT2D eigenvalue weighted by molar-refractivity contribution is 6.04. The number of benzene rings is 2. The molecule has 0 saturated heterocycles. The second kappa shape index (κ2) is 10.9. The number of hydrogen-bond donors (Lipinski definition) is 1. The number of anilines is 1. The van der Waals surface area contributed by atoms with Gasteiger partial charge < -0.3 is 14.8 Å². The lowest BCUT2D eigenvalue weighted by molar-refractivity contribution is -0.416. The van der Waals surface area contributed by atoms with E-state index in [1.807, 2.05) is 0 Å². The molecule has 230 valence electrons. The van der Waals surface area contributed by atoms with Gasteiger partial charge in [-0.3, -0.25) is 4.79 Å². The average Bonchev–Trinajstić information content (AvgIpc) is 2.84. The van der Waals surface area contributed by atoms with Gasteiger partial charge >= 0.3 is 30.1 Å². The summed E-state index contributed by atoms with van der Waals surface area (Å²) >= 11 is 0. The van der Waals surface area contributed by atoms with E-state index in [0.717, 1.165) is 17.7 Å². The molecule has 0 aliphatic rings. The summed E-state index contributed by atoms with van der Waals surface area (Å²) in [5.74, 6) is -23.5. The van der Waals surface area contributed by atoms with Gasteiger partial charge in [0.25, 0.3) is 5.91 Å². The molecule has 2 unspecified atom stereocenters. The van der Waals surface area contributed by atoms with Crippen LogP contribution in [0.5, 0.6) is 5.75 Å². The van der Waals surface area contributed by atoms with Crippen LogP contribution in [0.2, 0.25) is 0 Å². The lowest BCUT2D eigenvalue weighted by Gasteiger charge is -2.46. The van der Waals surface area contributed by atoms with Crippen molar-refractivity contribution in [3.8, 4) is 5.75 Å². The quantitative estimate of drug-likeness (QED) is 0.260.